The smallest absolute Gasteiger partial charge is 0.317 e. The van der Waals surface area contributed by atoms with Gasteiger partial charge in [-0.2, -0.15) is 15.5 Å². The monoisotopic (exact) mass is 409 g/mol. The summed E-state index contributed by atoms with van der Waals surface area (Å²) in [6, 6.07) is 16.1. The first-order chi connectivity index (χ1) is 14.5. The van der Waals surface area contributed by atoms with Crippen LogP contribution in [0.4, 0.5) is 11.4 Å². The number of hydrogen-bond acceptors (Lipinski definition) is 6. The number of rotatable bonds is 12. The molecule has 0 unspecified atom stereocenters. The molecule has 0 bridgehead atoms. The number of hydrogen-bond donors (Lipinski definition) is 2. The summed E-state index contributed by atoms with van der Waals surface area (Å²) >= 11 is 0. The van der Waals surface area contributed by atoms with Gasteiger partial charge in [-0.15, -0.1) is 0 Å². The van der Waals surface area contributed by atoms with Gasteiger partial charge in [0.1, 0.15) is 5.75 Å². The summed E-state index contributed by atoms with van der Waals surface area (Å²) < 4.78 is 5.66. The molecule has 0 aliphatic carbocycles. The lowest BCUT2D eigenvalue weighted by Crippen LogP contribution is -2.23. The predicted octanol–water partition coefficient (Wildman–Crippen LogP) is 5.09. The Bertz CT molecular complexity index is 888. The quantitative estimate of drug-likeness (QED) is 0.285. The molecule has 0 aliphatic rings. The molecule has 0 amide bonds. The van der Waals surface area contributed by atoms with Crippen molar-refractivity contribution in [1.29, 1.82) is 5.26 Å². The van der Waals surface area contributed by atoms with Crippen LogP contribution in [0.15, 0.2) is 58.8 Å². The molecule has 0 aliphatic heterocycles. The third kappa shape index (κ3) is 7.72. The summed E-state index contributed by atoms with van der Waals surface area (Å²) in [6.07, 6.45) is 3.09. The fourth-order valence-corrected chi connectivity index (χ4v) is 2.67. The van der Waals surface area contributed by atoms with E-state index in [2.05, 4.69) is 10.2 Å². The third-order valence-electron chi connectivity index (χ3n) is 4.37. The number of ether oxygens (including phenoxy) is 1. The molecule has 30 heavy (non-hydrogen) atoms. The molecule has 8 nitrogen and oxygen atoms in total. The number of carboxylic acids is 2. The molecule has 0 aromatic heterocycles. The highest BCUT2D eigenvalue weighted by atomic mass is 16.5. The van der Waals surface area contributed by atoms with Gasteiger partial charge in [0.15, 0.2) is 5.92 Å². The number of nitriles is 1. The van der Waals surface area contributed by atoms with Gasteiger partial charge in [0.2, 0.25) is 0 Å². The van der Waals surface area contributed by atoms with Crippen LogP contribution in [0.2, 0.25) is 0 Å². The predicted molar refractivity (Wildman–Crippen MR) is 109 cm³/mol. The summed E-state index contributed by atoms with van der Waals surface area (Å²) in [7, 11) is 0. The van der Waals surface area contributed by atoms with Crippen molar-refractivity contribution < 1.29 is 24.5 Å². The van der Waals surface area contributed by atoms with Gasteiger partial charge in [-0.1, -0.05) is 19.3 Å². The molecule has 156 valence electrons. The minimum Gasteiger partial charge on any atom is -0.494 e. The average molecular weight is 409 g/mol. The van der Waals surface area contributed by atoms with Gasteiger partial charge < -0.3 is 14.9 Å². The third-order valence-corrected chi connectivity index (χ3v) is 4.37. The maximum absolute atomic E-state index is 10.8. The van der Waals surface area contributed by atoms with E-state index in [-0.39, 0.29) is 6.42 Å². The molecule has 0 saturated heterocycles. The second-order valence-electron chi connectivity index (χ2n) is 6.63. The van der Waals surface area contributed by atoms with Gasteiger partial charge in [0.25, 0.3) is 0 Å². The number of aliphatic carboxylic acids is 2. The fraction of sp³-hybridized carbons (Fsp3) is 0.318. The highest BCUT2D eigenvalue weighted by Crippen LogP contribution is 2.22. The van der Waals surface area contributed by atoms with Crippen LogP contribution in [0.1, 0.15) is 37.7 Å². The first-order valence-corrected chi connectivity index (χ1v) is 9.60. The fourth-order valence-electron chi connectivity index (χ4n) is 2.67. The van der Waals surface area contributed by atoms with Crippen LogP contribution in [0.5, 0.6) is 5.75 Å². The molecule has 0 heterocycles. The van der Waals surface area contributed by atoms with Gasteiger partial charge in [-0.25, -0.2) is 0 Å². The largest absolute Gasteiger partial charge is 0.494 e. The van der Waals surface area contributed by atoms with Crippen molar-refractivity contribution in [1.82, 2.24) is 0 Å². The van der Waals surface area contributed by atoms with Crippen LogP contribution < -0.4 is 4.74 Å². The first kappa shape index (κ1) is 22.6. The summed E-state index contributed by atoms with van der Waals surface area (Å²) in [6.45, 7) is 0.521. The number of unbranched alkanes of at least 4 members (excludes halogenated alkanes) is 3. The zero-order chi connectivity index (χ0) is 21.8. The lowest BCUT2D eigenvalue weighted by atomic mass is 10.0. The standard InChI is InChI=1S/C22H23N3O5/c23-15-16-6-8-17(9-7-16)24-25-18-10-12-19(13-11-18)30-14-4-2-1-3-5-20(21(26)27)22(28)29/h6-13,20H,1-5,14H2,(H,26,27)(H,28,29). The molecule has 2 N–H and O–H groups in total. The highest BCUT2D eigenvalue weighted by Gasteiger charge is 2.24. The van der Waals surface area contributed by atoms with E-state index >= 15 is 0 Å². The van der Waals surface area contributed by atoms with Crippen LogP contribution in [-0.4, -0.2) is 28.8 Å². The van der Waals surface area contributed by atoms with Crippen molar-refractivity contribution in [2.75, 3.05) is 6.61 Å². The van der Waals surface area contributed by atoms with E-state index in [1.807, 2.05) is 6.07 Å². The van der Waals surface area contributed by atoms with Gasteiger partial charge in [-0.3, -0.25) is 9.59 Å². The molecule has 0 radical (unpaired) electrons. The molecular weight excluding hydrogens is 386 g/mol. The topological polar surface area (TPSA) is 132 Å². The van der Waals surface area contributed by atoms with Gasteiger partial charge in [0, 0.05) is 0 Å². The number of carboxylic acid groups (broad SMARTS) is 2. The van der Waals surface area contributed by atoms with E-state index in [9.17, 15) is 9.59 Å². The lowest BCUT2D eigenvalue weighted by Gasteiger charge is -2.08. The van der Waals surface area contributed by atoms with Gasteiger partial charge in [0.05, 0.1) is 29.6 Å². The minimum absolute atomic E-state index is 0.143. The Kier molecular flexibility index (Phi) is 9.00. The van der Waals surface area contributed by atoms with E-state index in [1.165, 1.54) is 0 Å². The van der Waals surface area contributed by atoms with Crippen LogP contribution >= 0.6 is 0 Å². The van der Waals surface area contributed by atoms with Crippen molar-refractivity contribution in [3.8, 4) is 11.8 Å². The first-order valence-electron chi connectivity index (χ1n) is 9.60. The van der Waals surface area contributed by atoms with E-state index in [0.29, 0.717) is 35.7 Å². The number of nitrogens with zero attached hydrogens (tertiary/aromatic N) is 3. The molecule has 0 spiro atoms. The van der Waals surface area contributed by atoms with Crippen molar-refractivity contribution in [2.45, 2.75) is 32.1 Å². The minimum atomic E-state index is -1.33. The Labute approximate surface area is 174 Å². The molecule has 2 aromatic carbocycles. The van der Waals surface area contributed by atoms with Crippen molar-refractivity contribution in [3.63, 3.8) is 0 Å². The van der Waals surface area contributed by atoms with Gasteiger partial charge in [-0.05, 0) is 61.4 Å². The highest BCUT2D eigenvalue weighted by molar-refractivity contribution is 5.92. The molecular formula is C22H23N3O5. The number of benzene rings is 2. The summed E-state index contributed by atoms with van der Waals surface area (Å²) in [4.78, 5) is 21.6. The molecule has 2 aromatic rings. The number of carbonyl (C=O) groups is 2. The normalized spacial score (nSPS) is 10.8. The Hall–Kier alpha value is -3.73. The SMILES string of the molecule is N#Cc1ccc(N=Nc2ccc(OCCCCCCC(C(=O)O)C(=O)O)cc2)cc1. The summed E-state index contributed by atoms with van der Waals surface area (Å²) in [5.41, 5.74) is 1.91. The summed E-state index contributed by atoms with van der Waals surface area (Å²) in [5.74, 6) is -3.19. The second kappa shape index (κ2) is 12.0. The maximum atomic E-state index is 10.8. The summed E-state index contributed by atoms with van der Waals surface area (Å²) in [5, 5.41) is 34.7. The van der Waals surface area contributed by atoms with E-state index in [1.54, 1.807) is 48.5 Å². The van der Waals surface area contributed by atoms with Crippen molar-refractivity contribution >= 4 is 23.3 Å². The average Bonchev–Trinajstić information content (AvgIpc) is 2.74. The zero-order valence-electron chi connectivity index (χ0n) is 16.4. The van der Waals surface area contributed by atoms with Crippen molar-refractivity contribution in [2.24, 2.45) is 16.1 Å². The van der Waals surface area contributed by atoms with Crippen LogP contribution in [-0.2, 0) is 9.59 Å². The maximum Gasteiger partial charge on any atom is 0.317 e. The van der Waals surface area contributed by atoms with Crippen molar-refractivity contribution in [3.05, 3.63) is 54.1 Å². The van der Waals surface area contributed by atoms with Crippen LogP contribution in [0, 0.1) is 17.2 Å². The van der Waals surface area contributed by atoms with Crippen LogP contribution in [0.3, 0.4) is 0 Å². The number of azo groups is 1. The molecule has 0 saturated carbocycles. The van der Waals surface area contributed by atoms with E-state index < -0.39 is 17.9 Å². The molecule has 2 rings (SSSR count). The Morgan fingerprint density at radius 3 is 1.93 bits per heavy atom. The Balaban J connectivity index is 1.66. The Morgan fingerprint density at radius 2 is 1.40 bits per heavy atom. The lowest BCUT2D eigenvalue weighted by molar-refractivity contribution is -0.154. The van der Waals surface area contributed by atoms with E-state index in [4.69, 9.17) is 20.2 Å². The van der Waals surface area contributed by atoms with E-state index in [0.717, 1.165) is 19.3 Å². The van der Waals surface area contributed by atoms with Gasteiger partial charge >= 0.3 is 11.9 Å². The molecule has 0 fully saturated rings. The second-order valence-corrected chi connectivity index (χ2v) is 6.63. The molecule has 0 atom stereocenters. The zero-order valence-corrected chi connectivity index (χ0v) is 16.4. The Morgan fingerprint density at radius 1 is 0.867 bits per heavy atom. The van der Waals surface area contributed by atoms with Crippen LogP contribution in [0.25, 0.3) is 0 Å². The molecule has 8 heteroatoms.